The molecule has 1 atom stereocenters. The quantitative estimate of drug-likeness (QED) is 0.680. The van der Waals surface area contributed by atoms with Crippen molar-refractivity contribution >= 4 is 33.5 Å². The molecule has 2 amide bonds. The molecule has 0 radical (unpaired) electrons. The summed E-state index contributed by atoms with van der Waals surface area (Å²) < 4.78 is 13.5. The molecule has 1 saturated heterocycles. The number of carbonyl (C=O) groups excluding carboxylic acids is 2. The zero-order chi connectivity index (χ0) is 19.8. The third kappa shape index (κ3) is 3.24. The third-order valence-electron chi connectivity index (χ3n) is 4.92. The van der Waals surface area contributed by atoms with Gasteiger partial charge in [-0.15, -0.1) is 11.3 Å². The highest BCUT2D eigenvalue weighted by Gasteiger charge is 2.34. The highest BCUT2D eigenvalue weighted by atomic mass is 32.1. The van der Waals surface area contributed by atoms with Crippen LogP contribution in [0.3, 0.4) is 0 Å². The van der Waals surface area contributed by atoms with Crippen molar-refractivity contribution in [2.75, 3.05) is 27.2 Å². The molecule has 8 heteroatoms. The van der Waals surface area contributed by atoms with E-state index in [1.165, 1.54) is 29.5 Å². The fraction of sp³-hybridized carbons (Fsp3) is 0.300. The standard InChI is InChI=1S/C20H19FN4O2S/c1-24(2)20(27)17-15(16-18(28-17)23-8-7-22-16)13-6-9-25(11-13)19(26)12-4-3-5-14(21)10-12/h3-5,7-8,10,13H,6,9,11H2,1-2H3/t13-/m0/s1. The van der Waals surface area contributed by atoms with Crippen molar-refractivity contribution < 1.29 is 14.0 Å². The molecular formula is C20H19FN4O2S. The van der Waals surface area contributed by atoms with Gasteiger partial charge in [-0.25, -0.2) is 9.37 Å². The van der Waals surface area contributed by atoms with Crippen LogP contribution in [0.25, 0.3) is 10.3 Å². The molecule has 6 nitrogen and oxygen atoms in total. The van der Waals surface area contributed by atoms with Gasteiger partial charge >= 0.3 is 0 Å². The molecule has 0 aliphatic carbocycles. The summed E-state index contributed by atoms with van der Waals surface area (Å²) in [5.74, 6) is -0.732. The van der Waals surface area contributed by atoms with Crippen molar-refractivity contribution in [1.82, 2.24) is 19.8 Å². The fourth-order valence-electron chi connectivity index (χ4n) is 3.57. The van der Waals surface area contributed by atoms with E-state index in [1.54, 1.807) is 42.4 Å². The van der Waals surface area contributed by atoms with Crippen LogP contribution in [0.15, 0.2) is 36.7 Å². The van der Waals surface area contributed by atoms with Gasteiger partial charge in [0.15, 0.2) is 0 Å². The lowest BCUT2D eigenvalue weighted by Crippen LogP contribution is -2.29. The van der Waals surface area contributed by atoms with Crippen LogP contribution in [0.2, 0.25) is 0 Å². The number of fused-ring (bicyclic) bond motifs is 1. The summed E-state index contributed by atoms with van der Waals surface area (Å²) in [7, 11) is 3.43. The molecule has 0 unspecified atom stereocenters. The van der Waals surface area contributed by atoms with Crippen LogP contribution in [0.4, 0.5) is 4.39 Å². The predicted octanol–water partition coefficient (Wildman–Crippen LogP) is 3.16. The molecule has 1 aliphatic heterocycles. The molecule has 3 aromatic rings. The van der Waals surface area contributed by atoms with Gasteiger partial charge in [0.1, 0.15) is 16.2 Å². The van der Waals surface area contributed by atoms with Gasteiger partial charge in [0, 0.05) is 56.6 Å². The van der Waals surface area contributed by atoms with Crippen LogP contribution in [-0.4, -0.2) is 58.8 Å². The Balaban J connectivity index is 1.67. The Bertz CT molecular complexity index is 1070. The fourth-order valence-corrected chi connectivity index (χ4v) is 4.78. The van der Waals surface area contributed by atoms with Crippen LogP contribution in [0.1, 0.15) is 37.9 Å². The number of thiophene rings is 1. The maximum absolute atomic E-state index is 13.5. The van der Waals surface area contributed by atoms with Gasteiger partial charge in [-0.2, -0.15) is 0 Å². The van der Waals surface area contributed by atoms with Crippen molar-refractivity contribution in [3.8, 4) is 0 Å². The van der Waals surface area contributed by atoms with Crippen molar-refractivity contribution in [1.29, 1.82) is 0 Å². The van der Waals surface area contributed by atoms with E-state index < -0.39 is 5.82 Å². The molecule has 0 bridgehead atoms. The molecule has 1 aliphatic rings. The first-order valence-corrected chi connectivity index (χ1v) is 9.77. The molecule has 28 heavy (non-hydrogen) atoms. The first kappa shape index (κ1) is 18.5. The van der Waals surface area contributed by atoms with Gasteiger partial charge in [-0.3, -0.25) is 14.6 Å². The van der Waals surface area contributed by atoms with Gasteiger partial charge in [0.25, 0.3) is 11.8 Å². The molecule has 4 rings (SSSR count). The van der Waals surface area contributed by atoms with Crippen LogP contribution < -0.4 is 0 Å². The topological polar surface area (TPSA) is 66.4 Å². The van der Waals surface area contributed by atoms with Crippen LogP contribution in [-0.2, 0) is 0 Å². The van der Waals surface area contributed by atoms with E-state index in [1.807, 2.05) is 0 Å². The lowest BCUT2D eigenvalue weighted by atomic mass is 9.97. The Labute approximate surface area is 165 Å². The molecule has 1 aromatic carbocycles. The molecule has 0 N–H and O–H groups in total. The molecule has 3 heterocycles. The van der Waals surface area contributed by atoms with Gasteiger partial charge in [-0.05, 0) is 24.6 Å². The number of hydrogen-bond donors (Lipinski definition) is 0. The summed E-state index contributed by atoms with van der Waals surface area (Å²) in [4.78, 5) is 38.9. The summed E-state index contributed by atoms with van der Waals surface area (Å²) in [6.45, 7) is 1.01. The molecule has 144 valence electrons. The molecule has 2 aromatic heterocycles. The van der Waals surface area contributed by atoms with E-state index >= 15 is 0 Å². The second-order valence-electron chi connectivity index (χ2n) is 7.00. The smallest absolute Gasteiger partial charge is 0.263 e. The number of nitrogens with zero attached hydrogens (tertiary/aromatic N) is 4. The average molecular weight is 398 g/mol. The summed E-state index contributed by atoms with van der Waals surface area (Å²) in [6, 6.07) is 5.72. The van der Waals surface area contributed by atoms with Gasteiger partial charge in [0.05, 0.1) is 4.88 Å². The Morgan fingerprint density at radius 1 is 1.25 bits per heavy atom. The summed E-state index contributed by atoms with van der Waals surface area (Å²) in [6.07, 6.45) is 3.95. The van der Waals surface area contributed by atoms with Crippen molar-refractivity contribution in [2.45, 2.75) is 12.3 Å². The normalized spacial score (nSPS) is 16.5. The summed E-state index contributed by atoms with van der Waals surface area (Å²) in [5.41, 5.74) is 1.92. The lowest BCUT2D eigenvalue weighted by Gasteiger charge is -2.18. The van der Waals surface area contributed by atoms with Gasteiger partial charge in [-0.1, -0.05) is 6.07 Å². The highest BCUT2D eigenvalue weighted by Crippen LogP contribution is 2.39. The van der Waals surface area contributed by atoms with Gasteiger partial charge < -0.3 is 9.80 Å². The van der Waals surface area contributed by atoms with Gasteiger partial charge in [0.2, 0.25) is 0 Å². The Hall–Kier alpha value is -2.87. The number of aromatic nitrogens is 2. The molecule has 1 fully saturated rings. The number of benzene rings is 1. The van der Waals surface area contributed by atoms with Crippen LogP contribution >= 0.6 is 11.3 Å². The number of carbonyl (C=O) groups is 2. The number of hydrogen-bond acceptors (Lipinski definition) is 5. The van der Waals surface area contributed by atoms with E-state index in [9.17, 15) is 14.0 Å². The first-order chi connectivity index (χ1) is 13.5. The lowest BCUT2D eigenvalue weighted by molar-refractivity contribution is 0.0790. The minimum Gasteiger partial charge on any atom is -0.344 e. The second kappa shape index (κ2) is 7.27. The SMILES string of the molecule is CN(C)C(=O)c1sc2nccnc2c1[C@H]1CCN(C(=O)c2cccc(F)c2)C1. The summed E-state index contributed by atoms with van der Waals surface area (Å²) in [5, 5.41) is 0. The van der Waals surface area contributed by atoms with E-state index in [0.29, 0.717) is 23.5 Å². The highest BCUT2D eigenvalue weighted by molar-refractivity contribution is 7.20. The monoisotopic (exact) mass is 398 g/mol. The predicted molar refractivity (Wildman–Crippen MR) is 105 cm³/mol. The molecule has 0 saturated carbocycles. The number of halogens is 1. The van der Waals surface area contributed by atoms with E-state index in [4.69, 9.17) is 0 Å². The van der Waals surface area contributed by atoms with E-state index in [2.05, 4.69) is 9.97 Å². The van der Waals surface area contributed by atoms with Crippen molar-refractivity contribution in [3.63, 3.8) is 0 Å². The average Bonchev–Trinajstić information content (AvgIpc) is 3.31. The van der Waals surface area contributed by atoms with Crippen molar-refractivity contribution in [2.24, 2.45) is 0 Å². The Morgan fingerprint density at radius 2 is 2.04 bits per heavy atom. The Kier molecular flexibility index (Phi) is 4.80. The largest absolute Gasteiger partial charge is 0.344 e. The number of rotatable bonds is 3. The van der Waals surface area contributed by atoms with Crippen LogP contribution in [0.5, 0.6) is 0 Å². The number of likely N-dealkylation sites (tertiary alicyclic amines) is 1. The molecule has 0 spiro atoms. The minimum absolute atomic E-state index is 0.0122. The number of amides is 2. The van der Waals surface area contributed by atoms with Crippen LogP contribution in [0, 0.1) is 5.82 Å². The summed E-state index contributed by atoms with van der Waals surface area (Å²) >= 11 is 1.34. The minimum atomic E-state index is -0.431. The second-order valence-corrected chi connectivity index (χ2v) is 8.00. The van der Waals surface area contributed by atoms with Crippen molar-refractivity contribution in [3.05, 3.63) is 58.5 Å². The zero-order valence-corrected chi connectivity index (χ0v) is 16.4. The Morgan fingerprint density at radius 3 is 2.79 bits per heavy atom. The third-order valence-corrected chi connectivity index (χ3v) is 6.01. The maximum Gasteiger partial charge on any atom is 0.263 e. The van der Waals surface area contributed by atoms with E-state index in [-0.39, 0.29) is 17.7 Å². The maximum atomic E-state index is 13.5. The van der Waals surface area contributed by atoms with E-state index in [0.717, 1.165) is 22.3 Å². The first-order valence-electron chi connectivity index (χ1n) is 8.95. The zero-order valence-electron chi connectivity index (χ0n) is 15.6. The molecular weight excluding hydrogens is 379 g/mol.